The first-order valence-electron chi connectivity index (χ1n) is 8.17. The second kappa shape index (κ2) is 8.70. The van der Waals surface area contributed by atoms with Crippen LogP contribution in [0.4, 0.5) is 5.69 Å². The highest BCUT2D eigenvalue weighted by Crippen LogP contribution is 2.09. The van der Waals surface area contributed by atoms with Gasteiger partial charge in [-0.3, -0.25) is 19.7 Å². The Morgan fingerprint density at radius 2 is 1.36 bits per heavy atom. The lowest BCUT2D eigenvalue weighted by Gasteiger charge is -2.21. The average Bonchev–Trinajstić information content (AvgIpc) is 2.64. The molecule has 0 saturated carbocycles. The molecule has 0 unspecified atom stereocenters. The lowest BCUT2D eigenvalue weighted by Crippen LogP contribution is -2.33. The summed E-state index contributed by atoms with van der Waals surface area (Å²) in [5, 5.41) is 2.92. The van der Waals surface area contributed by atoms with Crippen LogP contribution in [0.5, 0.6) is 0 Å². The van der Waals surface area contributed by atoms with Crippen molar-refractivity contribution in [3.05, 3.63) is 90.5 Å². The van der Waals surface area contributed by atoms with Crippen LogP contribution < -0.4 is 5.32 Å². The summed E-state index contributed by atoms with van der Waals surface area (Å²) in [6.45, 7) is 1.43. The van der Waals surface area contributed by atoms with Gasteiger partial charge in [-0.25, -0.2) is 0 Å². The number of carbonyl (C=O) groups is 1. The third-order valence-electron chi connectivity index (χ3n) is 3.65. The van der Waals surface area contributed by atoms with Crippen molar-refractivity contribution in [3.8, 4) is 0 Å². The number of benzene rings is 1. The molecule has 2 heterocycles. The fourth-order valence-corrected chi connectivity index (χ4v) is 2.53. The monoisotopic (exact) mass is 332 g/mol. The van der Waals surface area contributed by atoms with Gasteiger partial charge in [-0.15, -0.1) is 0 Å². The zero-order valence-corrected chi connectivity index (χ0v) is 13.9. The lowest BCUT2D eigenvalue weighted by atomic mass is 10.2. The van der Waals surface area contributed by atoms with Crippen LogP contribution in [0.15, 0.2) is 79.1 Å². The quantitative estimate of drug-likeness (QED) is 0.722. The van der Waals surface area contributed by atoms with Gasteiger partial charge in [0, 0.05) is 31.2 Å². The fraction of sp³-hybridized carbons (Fsp3) is 0.150. The Labute approximate surface area is 147 Å². The van der Waals surface area contributed by atoms with E-state index in [2.05, 4.69) is 15.3 Å². The zero-order chi connectivity index (χ0) is 17.3. The minimum atomic E-state index is -0.0573. The molecule has 0 aliphatic rings. The molecule has 1 amide bonds. The maximum atomic E-state index is 12.4. The van der Waals surface area contributed by atoms with E-state index >= 15 is 0 Å². The summed E-state index contributed by atoms with van der Waals surface area (Å²) in [5.41, 5.74) is 2.64. The molecular weight excluding hydrogens is 312 g/mol. The number of aromatic nitrogens is 2. The topological polar surface area (TPSA) is 58.1 Å². The van der Waals surface area contributed by atoms with Crippen LogP contribution >= 0.6 is 0 Å². The van der Waals surface area contributed by atoms with Gasteiger partial charge in [0.2, 0.25) is 5.91 Å². The molecule has 5 nitrogen and oxygen atoms in total. The van der Waals surface area contributed by atoms with Crippen molar-refractivity contribution in [3.63, 3.8) is 0 Å². The molecule has 126 valence electrons. The van der Waals surface area contributed by atoms with Crippen molar-refractivity contribution >= 4 is 11.6 Å². The Morgan fingerprint density at radius 1 is 0.800 bits per heavy atom. The smallest absolute Gasteiger partial charge is 0.238 e. The number of hydrogen-bond donors (Lipinski definition) is 1. The number of carbonyl (C=O) groups excluding carboxylic acids is 1. The van der Waals surface area contributed by atoms with Crippen LogP contribution in [0, 0.1) is 0 Å². The van der Waals surface area contributed by atoms with E-state index in [4.69, 9.17) is 0 Å². The molecular formula is C20H20N4O. The molecule has 0 atom stereocenters. The first-order chi connectivity index (χ1) is 12.3. The van der Waals surface area contributed by atoms with Gasteiger partial charge in [0.05, 0.1) is 17.9 Å². The van der Waals surface area contributed by atoms with Crippen LogP contribution in [0.1, 0.15) is 11.4 Å². The number of rotatable bonds is 7. The number of nitrogens with zero attached hydrogens (tertiary/aromatic N) is 3. The van der Waals surface area contributed by atoms with Gasteiger partial charge >= 0.3 is 0 Å². The van der Waals surface area contributed by atoms with Gasteiger partial charge in [-0.2, -0.15) is 0 Å². The van der Waals surface area contributed by atoms with Crippen molar-refractivity contribution in [2.75, 3.05) is 11.9 Å². The van der Waals surface area contributed by atoms with Gasteiger partial charge in [0.25, 0.3) is 0 Å². The Morgan fingerprint density at radius 3 is 1.88 bits per heavy atom. The van der Waals surface area contributed by atoms with Gasteiger partial charge in [-0.1, -0.05) is 30.3 Å². The maximum absolute atomic E-state index is 12.4. The number of nitrogens with one attached hydrogen (secondary N) is 1. The second-order valence-electron chi connectivity index (χ2n) is 5.70. The van der Waals surface area contributed by atoms with E-state index < -0.39 is 0 Å². The Balaban J connectivity index is 1.68. The van der Waals surface area contributed by atoms with Crippen molar-refractivity contribution in [1.29, 1.82) is 0 Å². The molecule has 0 aliphatic heterocycles. The van der Waals surface area contributed by atoms with Gasteiger partial charge in [0.1, 0.15) is 0 Å². The number of hydrogen-bond acceptors (Lipinski definition) is 4. The summed E-state index contributed by atoms with van der Waals surface area (Å²) < 4.78 is 0. The van der Waals surface area contributed by atoms with Crippen LogP contribution in [0.2, 0.25) is 0 Å². The van der Waals surface area contributed by atoms with Gasteiger partial charge < -0.3 is 5.32 Å². The standard InChI is InChI=1S/C20H20N4O/c25-20(23-17-8-2-1-3-9-17)16-24(14-18-10-4-6-12-21-18)15-19-11-5-7-13-22-19/h1-13H,14-16H2,(H,23,25). The molecule has 0 spiro atoms. The summed E-state index contributed by atoms with van der Waals surface area (Å²) in [6, 6.07) is 21.1. The molecule has 3 rings (SSSR count). The molecule has 1 aromatic carbocycles. The summed E-state index contributed by atoms with van der Waals surface area (Å²) >= 11 is 0. The summed E-state index contributed by atoms with van der Waals surface area (Å²) in [6.07, 6.45) is 3.52. The number of pyridine rings is 2. The van der Waals surface area contributed by atoms with Crippen LogP contribution in [0.25, 0.3) is 0 Å². The maximum Gasteiger partial charge on any atom is 0.238 e. The largest absolute Gasteiger partial charge is 0.325 e. The van der Waals surface area contributed by atoms with Crippen molar-refractivity contribution < 1.29 is 4.79 Å². The highest BCUT2D eigenvalue weighted by atomic mass is 16.2. The van der Waals surface area contributed by atoms with Crippen LogP contribution in [-0.4, -0.2) is 27.3 Å². The normalized spacial score (nSPS) is 10.6. The first-order valence-corrected chi connectivity index (χ1v) is 8.17. The Hall–Kier alpha value is -3.05. The van der Waals surface area contributed by atoms with E-state index in [9.17, 15) is 4.79 Å². The number of amides is 1. The fourth-order valence-electron chi connectivity index (χ4n) is 2.53. The van der Waals surface area contributed by atoms with E-state index in [1.54, 1.807) is 12.4 Å². The lowest BCUT2D eigenvalue weighted by molar-refractivity contribution is -0.117. The molecule has 3 aromatic rings. The first kappa shape index (κ1) is 16.8. The molecule has 5 heteroatoms. The van der Waals surface area contributed by atoms with E-state index in [1.807, 2.05) is 71.6 Å². The Kier molecular flexibility index (Phi) is 5.85. The Bertz CT molecular complexity index is 737. The minimum absolute atomic E-state index is 0.0573. The SMILES string of the molecule is O=C(CN(Cc1ccccn1)Cc1ccccn1)Nc1ccccc1. The molecule has 25 heavy (non-hydrogen) atoms. The summed E-state index contributed by atoms with van der Waals surface area (Å²) in [4.78, 5) is 23.2. The third-order valence-corrected chi connectivity index (χ3v) is 3.65. The molecule has 2 aromatic heterocycles. The van der Waals surface area contributed by atoms with E-state index in [0.29, 0.717) is 13.1 Å². The zero-order valence-electron chi connectivity index (χ0n) is 13.9. The predicted molar refractivity (Wildman–Crippen MR) is 97.7 cm³/mol. The molecule has 0 aliphatic carbocycles. The van der Waals surface area contributed by atoms with Gasteiger partial charge in [-0.05, 0) is 36.4 Å². The molecule has 0 radical (unpaired) electrons. The molecule has 0 bridgehead atoms. The third kappa shape index (κ3) is 5.51. The van der Waals surface area contributed by atoms with E-state index in [0.717, 1.165) is 17.1 Å². The summed E-state index contributed by atoms with van der Waals surface area (Å²) in [7, 11) is 0. The number of para-hydroxylation sites is 1. The van der Waals surface area contributed by atoms with E-state index in [-0.39, 0.29) is 12.5 Å². The predicted octanol–water partition coefficient (Wildman–Crippen LogP) is 3.12. The van der Waals surface area contributed by atoms with Gasteiger partial charge in [0.15, 0.2) is 0 Å². The van der Waals surface area contributed by atoms with Crippen molar-refractivity contribution in [2.24, 2.45) is 0 Å². The number of anilines is 1. The average molecular weight is 332 g/mol. The minimum Gasteiger partial charge on any atom is -0.325 e. The highest BCUT2D eigenvalue weighted by Gasteiger charge is 2.13. The molecule has 0 fully saturated rings. The molecule has 0 saturated heterocycles. The summed E-state index contributed by atoms with van der Waals surface area (Å²) in [5.74, 6) is -0.0573. The van der Waals surface area contributed by atoms with E-state index in [1.165, 1.54) is 0 Å². The van der Waals surface area contributed by atoms with Crippen LogP contribution in [0.3, 0.4) is 0 Å². The second-order valence-corrected chi connectivity index (χ2v) is 5.70. The van der Waals surface area contributed by atoms with Crippen molar-refractivity contribution in [1.82, 2.24) is 14.9 Å². The highest BCUT2D eigenvalue weighted by molar-refractivity contribution is 5.92. The van der Waals surface area contributed by atoms with Crippen molar-refractivity contribution in [2.45, 2.75) is 13.1 Å². The molecule has 1 N–H and O–H groups in total. The van der Waals surface area contributed by atoms with Crippen LogP contribution in [-0.2, 0) is 17.9 Å².